The molecule has 0 saturated heterocycles. The predicted octanol–water partition coefficient (Wildman–Crippen LogP) is 2.88. The molecular weight excluding hydrogens is 252 g/mol. The van der Waals surface area contributed by atoms with Crippen LogP contribution >= 0.6 is 0 Å². The van der Waals surface area contributed by atoms with Gasteiger partial charge in [-0.1, -0.05) is 30.3 Å². The topological polar surface area (TPSA) is 51.2 Å². The van der Waals surface area contributed by atoms with Crippen molar-refractivity contribution in [2.24, 2.45) is 0 Å². The van der Waals surface area contributed by atoms with Gasteiger partial charge in [-0.25, -0.2) is 9.78 Å². The van der Waals surface area contributed by atoms with Gasteiger partial charge in [-0.3, -0.25) is 0 Å². The van der Waals surface area contributed by atoms with Gasteiger partial charge in [0.05, 0.1) is 0 Å². The summed E-state index contributed by atoms with van der Waals surface area (Å²) in [5.74, 6) is 0.417. The molecule has 0 aliphatic heterocycles. The summed E-state index contributed by atoms with van der Waals surface area (Å²) in [6, 6.07) is 13.3. The number of hydrogen-bond donors (Lipinski definition) is 1. The van der Waals surface area contributed by atoms with Crippen LogP contribution in [-0.2, 0) is 16.1 Å². The fraction of sp³-hybridized carbons (Fsp3) is 0.125. The highest BCUT2D eigenvalue weighted by molar-refractivity contribution is 5.87. The minimum absolute atomic E-state index is 0.279. The zero-order valence-electron chi connectivity index (χ0n) is 11.2. The largest absolute Gasteiger partial charge is 0.458 e. The molecule has 0 amide bonds. The fourth-order valence-corrected chi connectivity index (χ4v) is 1.59. The van der Waals surface area contributed by atoms with Crippen molar-refractivity contribution in [1.29, 1.82) is 0 Å². The molecule has 2 rings (SSSR count). The van der Waals surface area contributed by atoms with Gasteiger partial charge in [0.15, 0.2) is 0 Å². The van der Waals surface area contributed by atoms with Crippen LogP contribution in [0.3, 0.4) is 0 Å². The molecule has 0 atom stereocenters. The maximum Gasteiger partial charge on any atom is 0.331 e. The molecule has 4 heteroatoms. The smallest absolute Gasteiger partial charge is 0.331 e. The summed E-state index contributed by atoms with van der Waals surface area (Å²) in [7, 11) is 1.80. The summed E-state index contributed by atoms with van der Waals surface area (Å²) >= 11 is 0. The first-order chi connectivity index (χ1) is 9.78. The molecule has 0 saturated carbocycles. The van der Waals surface area contributed by atoms with E-state index in [1.807, 2.05) is 42.5 Å². The number of aromatic nitrogens is 1. The fourth-order valence-electron chi connectivity index (χ4n) is 1.59. The molecule has 4 nitrogen and oxygen atoms in total. The zero-order chi connectivity index (χ0) is 14.2. The van der Waals surface area contributed by atoms with E-state index >= 15 is 0 Å². The van der Waals surface area contributed by atoms with E-state index in [-0.39, 0.29) is 12.6 Å². The third-order valence-electron chi connectivity index (χ3n) is 2.68. The Hall–Kier alpha value is -2.62. The Morgan fingerprint density at radius 3 is 2.70 bits per heavy atom. The van der Waals surface area contributed by atoms with Gasteiger partial charge in [-0.2, -0.15) is 0 Å². The highest BCUT2D eigenvalue weighted by Gasteiger charge is 1.98. The number of carbonyl (C=O) groups excluding carboxylic acids is 1. The van der Waals surface area contributed by atoms with Crippen LogP contribution in [0.4, 0.5) is 5.82 Å². The van der Waals surface area contributed by atoms with E-state index in [1.54, 1.807) is 19.3 Å². The summed E-state index contributed by atoms with van der Waals surface area (Å²) in [6.07, 6.45) is 4.77. The number of ether oxygens (including phenoxy) is 1. The van der Waals surface area contributed by atoms with E-state index in [2.05, 4.69) is 10.3 Å². The molecule has 20 heavy (non-hydrogen) atoms. The molecule has 0 bridgehead atoms. The molecule has 1 aromatic carbocycles. The lowest BCUT2D eigenvalue weighted by Crippen LogP contribution is -2.00. The number of nitrogens with one attached hydrogen (secondary N) is 1. The van der Waals surface area contributed by atoms with Gasteiger partial charge in [0.1, 0.15) is 12.4 Å². The number of esters is 1. The molecule has 0 fully saturated rings. The maximum absolute atomic E-state index is 11.6. The van der Waals surface area contributed by atoms with E-state index in [0.717, 1.165) is 16.9 Å². The third-order valence-corrected chi connectivity index (χ3v) is 2.68. The van der Waals surface area contributed by atoms with Gasteiger partial charge in [0, 0.05) is 19.3 Å². The first-order valence-electron chi connectivity index (χ1n) is 6.30. The lowest BCUT2D eigenvalue weighted by atomic mass is 10.2. The summed E-state index contributed by atoms with van der Waals surface area (Å²) < 4.78 is 5.14. The van der Waals surface area contributed by atoms with E-state index in [4.69, 9.17) is 4.74 Å². The van der Waals surface area contributed by atoms with Crippen molar-refractivity contribution in [2.45, 2.75) is 6.61 Å². The zero-order valence-corrected chi connectivity index (χ0v) is 11.2. The number of benzene rings is 1. The molecule has 0 unspecified atom stereocenters. The van der Waals surface area contributed by atoms with Crippen LogP contribution in [-0.4, -0.2) is 18.0 Å². The molecule has 0 radical (unpaired) electrons. The second-order valence-electron chi connectivity index (χ2n) is 4.15. The minimum atomic E-state index is -0.369. The molecule has 1 N–H and O–H groups in total. The van der Waals surface area contributed by atoms with Crippen molar-refractivity contribution in [3.05, 3.63) is 65.9 Å². The van der Waals surface area contributed by atoms with Crippen molar-refractivity contribution in [1.82, 2.24) is 4.98 Å². The Bertz CT molecular complexity index is 577. The van der Waals surface area contributed by atoms with Crippen LogP contribution in [0.2, 0.25) is 0 Å². The van der Waals surface area contributed by atoms with Crippen LogP contribution in [0.1, 0.15) is 11.1 Å². The number of carbonyl (C=O) groups is 1. The molecule has 2 aromatic rings. The van der Waals surface area contributed by atoms with E-state index in [0.29, 0.717) is 0 Å². The predicted molar refractivity (Wildman–Crippen MR) is 79.1 cm³/mol. The molecule has 0 aliphatic carbocycles. The number of rotatable bonds is 5. The average molecular weight is 268 g/mol. The van der Waals surface area contributed by atoms with Crippen LogP contribution in [0.5, 0.6) is 0 Å². The van der Waals surface area contributed by atoms with Crippen LogP contribution < -0.4 is 5.32 Å². The Kier molecular flexibility index (Phi) is 4.89. The van der Waals surface area contributed by atoms with Crippen molar-refractivity contribution in [3.63, 3.8) is 0 Å². The van der Waals surface area contributed by atoms with Gasteiger partial charge < -0.3 is 10.1 Å². The number of anilines is 1. The van der Waals surface area contributed by atoms with Crippen molar-refractivity contribution < 1.29 is 9.53 Å². The summed E-state index contributed by atoms with van der Waals surface area (Å²) in [5, 5.41) is 2.93. The molecule has 0 spiro atoms. The first kappa shape index (κ1) is 13.8. The van der Waals surface area contributed by atoms with Gasteiger partial charge in [-0.05, 0) is 29.3 Å². The van der Waals surface area contributed by atoms with Crippen LogP contribution in [0.25, 0.3) is 6.08 Å². The number of hydrogen-bond acceptors (Lipinski definition) is 4. The monoisotopic (exact) mass is 268 g/mol. The second kappa shape index (κ2) is 7.09. The molecule has 0 aliphatic rings. The van der Waals surface area contributed by atoms with E-state index in [1.165, 1.54) is 6.08 Å². The van der Waals surface area contributed by atoms with Gasteiger partial charge in [0.2, 0.25) is 0 Å². The normalized spacial score (nSPS) is 10.4. The van der Waals surface area contributed by atoms with Gasteiger partial charge in [-0.15, -0.1) is 0 Å². The molecule has 1 heterocycles. The Balaban J connectivity index is 1.85. The number of pyridine rings is 1. The minimum Gasteiger partial charge on any atom is -0.458 e. The first-order valence-corrected chi connectivity index (χ1v) is 6.30. The van der Waals surface area contributed by atoms with Gasteiger partial charge >= 0.3 is 5.97 Å². The Labute approximate surface area is 118 Å². The Morgan fingerprint density at radius 1 is 1.25 bits per heavy atom. The van der Waals surface area contributed by atoms with E-state index in [9.17, 15) is 4.79 Å². The van der Waals surface area contributed by atoms with Gasteiger partial charge in [0.25, 0.3) is 0 Å². The third kappa shape index (κ3) is 4.24. The van der Waals surface area contributed by atoms with Crippen molar-refractivity contribution >= 4 is 17.9 Å². The van der Waals surface area contributed by atoms with E-state index < -0.39 is 0 Å². The number of nitrogens with zero attached hydrogens (tertiary/aromatic N) is 1. The highest BCUT2D eigenvalue weighted by Crippen LogP contribution is 2.06. The lowest BCUT2D eigenvalue weighted by molar-refractivity contribution is -0.138. The average Bonchev–Trinajstić information content (AvgIpc) is 2.52. The quantitative estimate of drug-likeness (QED) is 0.669. The van der Waals surface area contributed by atoms with Crippen LogP contribution in [0, 0.1) is 0 Å². The molecule has 1 aromatic heterocycles. The standard InChI is InChI=1S/C16H16N2O2/c1-17-15-9-7-13(11-18-15)8-10-16(19)20-12-14-5-3-2-4-6-14/h2-11H,12H2,1H3,(H,17,18)/b10-8+. The van der Waals surface area contributed by atoms with Crippen LogP contribution in [0.15, 0.2) is 54.7 Å². The lowest BCUT2D eigenvalue weighted by Gasteiger charge is -2.01. The van der Waals surface area contributed by atoms with Crippen molar-refractivity contribution in [2.75, 3.05) is 12.4 Å². The highest BCUT2D eigenvalue weighted by atomic mass is 16.5. The molecule has 102 valence electrons. The Morgan fingerprint density at radius 2 is 2.05 bits per heavy atom. The summed E-state index contributed by atoms with van der Waals surface area (Å²) in [4.78, 5) is 15.7. The second-order valence-corrected chi connectivity index (χ2v) is 4.15. The van der Waals surface area contributed by atoms with Crippen molar-refractivity contribution in [3.8, 4) is 0 Å². The maximum atomic E-state index is 11.6. The summed E-state index contributed by atoms with van der Waals surface area (Å²) in [5.41, 5.74) is 1.81. The SMILES string of the molecule is CNc1ccc(/C=C/C(=O)OCc2ccccc2)cn1. The summed E-state index contributed by atoms with van der Waals surface area (Å²) in [6.45, 7) is 0.279. The molecular formula is C16H16N2O2.